The minimum Gasteiger partial charge on any atom is -0.399 e. The lowest BCUT2D eigenvalue weighted by atomic mass is 10.1. The highest BCUT2D eigenvalue weighted by Gasteiger charge is 2.16. The first-order chi connectivity index (χ1) is 9.38. The minimum atomic E-state index is -1.66. The standard InChI is InChI=1S/C13H10F3N3O/c14-9-1-2-10(12(16)11(9)15)19-13(20)6-3-7(17)5-8(18)4-6/h1-5H,17-18H2,(H,19,20). The van der Waals surface area contributed by atoms with E-state index < -0.39 is 29.0 Å². The normalized spacial score (nSPS) is 10.3. The smallest absolute Gasteiger partial charge is 0.255 e. The van der Waals surface area contributed by atoms with Gasteiger partial charge in [0.1, 0.15) is 0 Å². The fourth-order valence-corrected chi connectivity index (χ4v) is 1.62. The SMILES string of the molecule is Nc1cc(N)cc(C(=O)Nc2ccc(F)c(F)c2F)c1. The predicted molar refractivity (Wildman–Crippen MR) is 69.5 cm³/mol. The molecule has 0 atom stereocenters. The number of nitrogen functional groups attached to an aromatic ring is 2. The van der Waals surface area contributed by atoms with E-state index in [-0.39, 0.29) is 16.9 Å². The van der Waals surface area contributed by atoms with E-state index >= 15 is 0 Å². The Morgan fingerprint density at radius 3 is 2.15 bits per heavy atom. The molecule has 0 aromatic heterocycles. The lowest BCUT2D eigenvalue weighted by Gasteiger charge is -2.08. The van der Waals surface area contributed by atoms with Crippen LogP contribution in [0.1, 0.15) is 10.4 Å². The number of carbonyl (C=O) groups excluding carboxylic acids is 1. The van der Waals surface area contributed by atoms with Crippen LogP contribution in [0.3, 0.4) is 0 Å². The highest BCUT2D eigenvalue weighted by Crippen LogP contribution is 2.21. The second-order valence-electron chi connectivity index (χ2n) is 4.07. The second-order valence-corrected chi connectivity index (χ2v) is 4.07. The lowest BCUT2D eigenvalue weighted by molar-refractivity contribution is 0.102. The largest absolute Gasteiger partial charge is 0.399 e. The molecule has 1 amide bonds. The molecule has 20 heavy (non-hydrogen) atoms. The Morgan fingerprint density at radius 2 is 1.55 bits per heavy atom. The van der Waals surface area contributed by atoms with Gasteiger partial charge in [-0.1, -0.05) is 0 Å². The van der Waals surface area contributed by atoms with Crippen LogP contribution in [0.15, 0.2) is 30.3 Å². The van der Waals surface area contributed by atoms with Crippen LogP contribution in [0.25, 0.3) is 0 Å². The van der Waals surface area contributed by atoms with Crippen molar-refractivity contribution in [3.05, 3.63) is 53.3 Å². The van der Waals surface area contributed by atoms with Gasteiger partial charge in [0.05, 0.1) is 5.69 Å². The molecule has 7 heteroatoms. The van der Waals surface area contributed by atoms with Crippen LogP contribution in [-0.4, -0.2) is 5.91 Å². The third kappa shape index (κ3) is 2.66. The maximum atomic E-state index is 13.4. The van der Waals surface area contributed by atoms with Crippen molar-refractivity contribution < 1.29 is 18.0 Å². The van der Waals surface area contributed by atoms with Crippen molar-refractivity contribution in [3.63, 3.8) is 0 Å². The Bertz CT molecular complexity index is 669. The van der Waals surface area contributed by atoms with Crippen LogP contribution >= 0.6 is 0 Å². The van der Waals surface area contributed by atoms with Gasteiger partial charge in [-0.15, -0.1) is 0 Å². The Morgan fingerprint density at radius 1 is 0.950 bits per heavy atom. The molecule has 0 bridgehead atoms. The van der Waals surface area contributed by atoms with Crippen LogP contribution < -0.4 is 16.8 Å². The molecule has 0 heterocycles. The Hall–Kier alpha value is -2.70. The number of rotatable bonds is 2. The summed E-state index contributed by atoms with van der Waals surface area (Å²) >= 11 is 0. The van der Waals surface area contributed by atoms with Crippen LogP contribution in [0, 0.1) is 17.5 Å². The molecule has 0 fully saturated rings. The molecule has 2 aromatic rings. The molecule has 0 aliphatic carbocycles. The zero-order valence-corrected chi connectivity index (χ0v) is 10.1. The van der Waals surface area contributed by atoms with E-state index in [0.717, 1.165) is 6.07 Å². The molecule has 0 aliphatic heterocycles. The Labute approximate surface area is 112 Å². The molecule has 0 spiro atoms. The van der Waals surface area contributed by atoms with Crippen molar-refractivity contribution in [2.75, 3.05) is 16.8 Å². The van der Waals surface area contributed by atoms with Gasteiger partial charge in [-0.2, -0.15) is 0 Å². The lowest BCUT2D eigenvalue weighted by Crippen LogP contribution is -2.14. The Kier molecular flexibility index (Phi) is 3.51. The molecule has 0 saturated carbocycles. The molecule has 5 N–H and O–H groups in total. The zero-order chi connectivity index (χ0) is 14.9. The molecule has 0 saturated heterocycles. The second kappa shape index (κ2) is 5.12. The van der Waals surface area contributed by atoms with Crippen molar-refractivity contribution in [2.45, 2.75) is 0 Å². The van der Waals surface area contributed by atoms with Crippen LogP contribution in [-0.2, 0) is 0 Å². The van der Waals surface area contributed by atoms with E-state index in [4.69, 9.17) is 11.5 Å². The number of nitrogens with two attached hydrogens (primary N) is 2. The average Bonchev–Trinajstić information content (AvgIpc) is 2.38. The molecule has 104 valence electrons. The van der Waals surface area contributed by atoms with Crippen molar-refractivity contribution in [1.82, 2.24) is 0 Å². The fourth-order valence-electron chi connectivity index (χ4n) is 1.62. The van der Waals surface area contributed by atoms with Crippen molar-refractivity contribution >= 4 is 23.0 Å². The van der Waals surface area contributed by atoms with Gasteiger partial charge in [-0.05, 0) is 30.3 Å². The van der Waals surface area contributed by atoms with E-state index in [1.807, 2.05) is 0 Å². The summed E-state index contributed by atoms with van der Waals surface area (Å²) in [4.78, 5) is 11.9. The minimum absolute atomic E-state index is 0.0756. The van der Waals surface area contributed by atoms with Gasteiger partial charge in [-0.25, -0.2) is 13.2 Å². The summed E-state index contributed by atoms with van der Waals surface area (Å²) in [5.41, 5.74) is 11.1. The van der Waals surface area contributed by atoms with Crippen LogP contribution in [0.2, 0.25) is 0 Å². The number of amides is 1. The van der Waals surface area contributed by atoms with E-state index in [0.29, 0.717) is 6.07 Å². The third-order valence-electron chi connectivity index (χ3n) is 2.52. The van der Waals surface area contributed by atoms with Gasteiger partial charge in [0.25, 0.3) is 5.91 Å². The summed E-state index contributed by atoms with van der Waals surface area (Å²) in [5, 5.41) is 2.12. The van der Waals surface area contributed by atoms with Gasteiger partial charge < -0.3 is 16.8 Å². The highest BCUT2D eigenvalue weighted by molar-refractivity contribution is 6.05. The predicted octanol–water partition coefficient (Wildman–Crippen LogP) is 2.52. The topological polar surface area (TPSA) is 81.1 Å². The van der Waals surface area contributed by atoms with Gasteiger partial charge in [-0.3, -0.25) is 4.79 Å². The first-order valence-electron chi connectivity index (χ1n) is 5.49. The molecule has 0 radical (unpaired) electrons. The molecular formula is C13H10F3N3O. The van der Waals surface area contributed by atoms with Crippen LogP contribution in [0.5, 0.6) is 0 Å². The maximum Gasteiger partial charge on any atom is 0.255 e. The first kappa shape index (κ1) is 13.7. The first-order valence-corrected chi connectivity index (χ1v) is 5.49. The van der Waals surface area contributed by atoms with Gasteiger partial charge >= 0.3 is 0 Å². The summed E-state index contributed by atoms with van der Waals surface area (Å²) in [6.07, 6.45) is 0. The van der Waals surface area contributed by atoms with Crippen LogP contribution in [0.4, 0.5) is 30.2 Å². The number of anilines is 3. The summed E-state index contributed by atoms with van der Waals surface area (Å²) in [7, 11) is 0. The monoisotopic (exact) mass is 281 g/mol. The molecule has 4 nitrogen and oxygen atoms in total. The molecular weight excluding hydrogens is 271 g/mol. The Balaban J connectivity index is 2.30. The average molecular weight is 281 g/mol. The number of benzene rings is 2. The van der Waals surface area contributed by atoms with Crippen molar-refractivity contribution in [1.29, 1.82) is 0 Å². The van der Waals surface area contributed by atoms with Crippen molar-refractivity contribution in [2.24, 2.45) is 0 Å². The number of halogens is 3. The van der Waals surface area contributed by atoms with E-state index in [2.05, 4.69) is 5.32 Å². The molecule has 2 aromatic carbocycles. The summed E-state index contributed by atoms with van der Waals surface area (Å²) < 4.78 is 39.2. The number of carbonyl (C=O) groups is 1. The van der Waals surface area contributed by atoms with E-state index in [1.165, 1.54) is 18.2 Å². The van der Waals surface area contributed by atoms with Gasteiger partial charge in [0, 0.05) is 16.9 Å². The molecule has 2 rings (SSSR count). The maximum absolute atomic E-state index is 13.4. The fraction of sp³-hybridized carbons (Fsp3) is 0. The van der Waals surface area contributed by atoms with E-state index in [9.17, 15) is 18.0 Å². The summed E-state index contributed by atoms with van der Waals surface area (Å²) in [6, 6.07) is 5.71. The van der Waals surface area contributed by atoms with Gasteiger partial charge in [0.15, 0.2) is 17.5 Å². The quantitative estimate of drug-likeness (QED) is 0.584. The summed E-state index contributed by atoms with van der Waals surface area (Å²) in [5.74, 6) is -5.22. The van der Waals surface area contributed by atoms with Crippen molar-refractivity contribution in [3.8, 4) is 0 Å². The zero-order valence-electron chi connectivity index (χ0n) is 10.1. The number of nitrogens with one attached hydrogen (secondary N) is 1. The van der Waals surface area contributed by atoms with E-state index in [1.54, 1.807) is 0 Å². The van der Waals surface area contributed by atoms with Gasteiger partial charge in [0.2, 0.25) is 0 Å². The number of hydrogen-bond acceptors (Lipinski definition) is 3. The molecule has 0 unspecified atom stereocenters. The highest BCUT2D eigenvalue weighted by atomic mass is 19.2. The summed E-state index contributed by atoms with van der Waals surface area (Å²) in [6.45, 7) is 0. The number of hydrogen-bond donors (Lipinski definition) is 3. The third-order valence-corrected chi connectivity index (χ3v) is 2.52. The molecule has 0 aliphatic rings.